The van der Waals surface area contributed by atoms with Crippen molar-refractivity contribution in [3.8, 4) is 11.5 Å². The van der Waals surface area contributed by atoms with Gasteiger partial charge in [0.2, 0.25) is 5.79 Å². The Morgan fingerprint density at radius 2 is 2.18 bits per heavy atom. The molecule has 1 aliphatic heterocycles. The fourth-order valence-electron chi connectivity index (χ4n) is 4.47. The fraction of sp³-hybridized carbons (Fsp3) is 0.471. The lowest BCUT2D eigenvalue weighted by Gasteiger charge is -2.47. The van der Waals surface area contributed by atoms with E-state index in [2.05, 4.69) is 0 Å². The number of benzene rings is 1. The summed E-state index contributed by atoms with van der Waals surface area (Å²) in [5, 5.41) is 20.3. The number of rotatable bonds is 2. The normalized spacial score (nSPS) is 39.0. The first-order valence-electron chi connectivity index (χ1n) is 7.43. The van der Waals surface area contributed by atoms with Gasteiger partial charge >= 0.3 is 0 Å². The summed E-state index contributed by atoms with van der Waals surface area (Å²) in [5.74, 6) is -2.11. The van der Waals surface area contributed by atoms with Crippen molar-refractivity contribution in [3.05, 3.63) is 35.4 Å². The summed E-state index contributed by atoms with van der Waals surface area (Å²) in [7, 11) is 1.50. The molecule has 5 rings (SSSR count). The van der Waals surface area contributed by atoms with Crippen LogP contribution in [0.3, 0.4) is 0 Å². The maximum absolute atomic E-state index is 12.6. The second kappa shape index (κ2) is 4.33. The zero-order valence-corrected chi connectivity index (χ0v) is 12.4. The van der Waals surface area contributed by atoms with E-state index in [0.29, 0.717) is 12.4 Å². The lowest BCUT2D eigenvalue weighted by Crippen LogP contribution is -2.57. The number of allylic oxidation sites excluding steroid dienone is 1. The number of Topliss-reactive ketones (excluding diaryl/α,β-unsaturated/α-hetero) is 1. The summed E-state index contributed by atoms with van der Waals surface area (Å²) in [4.78, 5) is 12.6. The molecule has 5 heteroatoms. The molecule has 22 heavy (non-hydrogen) atoms. The summed E-state index contributed by atoms with van der Waals surface area (Å²) >= 11 is 0. The number of ether oxygens (including phenoxy) is 2. The number of hydrogen-bond donors (Lipinski definition) is 2. The molecule has 3 aliphatic carbocycles. The van der Waals surface area contributed by atoms with Crippen LogP contribution in [0.2, 0.25) is 0 Å². The number of carbonyl (C=O) groups is 1. The van der Waals surface area contributed by atoms with Crippen molar-refractivity contribution in [2.24, 2.45) is 17.8 Å². The summed E-state index contributed by atoms with van der Waals surface area (Å²) in [6.07, 6.45) is 1.96. The lowest BCUT2D eigenvalue weighted by atomic mass is 9.56. The minimum atomic E-state index is -1.65. The molecule has 5 atom stereocenters. The lowest BCUT2D eigenvalue weighted by molar-refractivity contribution is -0.204. The predicted molar refractivity (Wildman–Crippen MR) is 77.5 cm³/mol. The fourth-order valence-corrected chi connectivity index (χ4v) is 4.47. The van der Waals surface area contributed by atoms with E-state index in [0.717, 1.165) is 11.1 Å². The van der Waals surface area contributed by atoms with Gasteiger partial charge in [-0.25, -0.2) is 0 Å². The third kappa shape index (κ3) is 1.53. The number of phenols is 1. The Morgan fingerprint density at radius 3 is 2.91 bits per heavy atom. The van der Waals surface area contributed by atoms with Crippen LogP contribution in [0.25, 0.3) is 0 Å². The smallest absolute Gasteiger partial charge is 0.234 e. The molecule has 2 N–H and O–H groups in total. The number of aromatic hydroxyl groups is 1. The number of carbonyl (C=O) groups excluding carboxylic acids is 1. The van der Waals surface area contributed by atoms with Crippen molar-refractivity contribution in [1.29, 1.82) is 0 Å². The molecule has 1 saturated heterocycles. The van der Waals surface area contributed by atoms with Gasteiger partial charge in [-0.15, -0.1) is 0 Å². The van der Waals surface area contributed by atoms with Gasteiger partial charge in [-0.3, -0.25) is 4.79 Å². The maximum Gasteiger partial charge on any atom is 0.234 e. The molecule has 0 radical (unpaired) electrons. The van der Waals surface area contributed by atoms with Gasteiger partial charge in [0.1, 0.15) is 0 Å². The molecule has 0 aromatic heterocycles. The largest absolute Gasteiger partial charge is 0.504 e. The molecule has 1 aromatic carbocycles. The van der Waals surface area contributed by atoms with Crippen LogP contribution in [0.15, 0.2) is 29.8 Å². The van der Waals surface area contributed by atoms with Crippen LogP contribution in [0, 0.1) is 17.8 Å². The van der Waals surface area contributed by atoms with Gasteiger partial charge in [-0.05, 0) is 24.6 Å². The van der Waals surface area contributed by atoms with Crippen LogP contribution in [-0.2, 0) is 9.53 Å². The second-order valence-corrected chi connectivity index (χ2v) is 6.41. The Morgan fingerprint density at radius 1 is 1.41 bits per heavy atom. The van der Waals surface area contributed by atoms with Crippen LogP contribution in [0.5, 0.6) is 11.5 Å². The van der Waals surface area contributed by atoms with Crippen molar-refractivity contribution < 1.29 is 24.5 Å². The molecule has 116 valence electrons. The zero-order chi connectivity index (χ0) is 15.6. The average molecular weight is 302 g/mol. The van der Waals surface area contributed by atoms with Crippen molar-refractivity contribution in [3.63, 3.8) is 0 Å². The Balaban J connectivity index is 1.83. The van der Waals surface area contributed by atoms with Crippen LogP contribution in [0.1, 0.15) is 18.4 Å². The van der Waals surface area contributed by atoms with Crippen molar-refractivity contribution in [2.75, 3.05) is 13.7 Å². The summed E-state index contributed by atoms with van der Waals surface area (Å²) in [6, 6.07) is 5.17. The van der Waals surface area contributed by atoms with Gasteiger partial charge in [0.05, 0.1) is 13.7 Å². The molecule has 1 saturated carbocycles. The van der Waals surface area contributed by atoms with E-state index in [1.165, 1.54) is 7.11 Å². The SMILES string of the molecule is COc1cc([C@H]2C3C=C(C)[C@H]4[C@@H]2CO[C@@]4(O)C3=O)ccc1O. The summed E-state index contributed by atoms with van der Waals surface area (Å²) in [5.41, 5.74) is 1.95. The molecule has 4 bridgehead atoms. The van der Waals surface area contributed by atoms with Gasteiger partial charge in [0.15, 0.2) is 17.3 Å². The van der Waals surface area contributed by atoms with E-state index >= 15 is 0 Å². The van der Waals surface area contributed by atoms with Gasteiger partial charge in [0.25, 0.3) is 0 Å². The molecule has 5 nitrogen and oxygen atoms in total. The van der Waals surface area contributed by atoms with E-state index in [-0.39, 0.29) is 29.3 Å². The molecule has 1 unspecified atom stereocenters. The van der Waals surface area contributed by atoms with E-state index in [1.807, 2.05) is 19.1 Å². The first kappa shape index (κ1) is 13.8. The van der Waals surface area contributed by atoms with Crippen LogP contribution in [-0.4, -0.2) is 35.5 Å². The van der Waals surface area contributed by atoms with E-state index in [9.17, 15) is 15.0 Å². The van der Waals surface area contributed by atoms with Crippen molar-refractivity contribution >= 4 is 5.78 Å². The number of aliphatic hydroxyl groups is 1. The summed E-state index contributed by atoms with van der Waals surface area (Å²) < 4.78 is 10.7. The van der Waals surface area contributed by atoms with Gasteiger partial charge < -0.3 is 19.7 Å². The van der Waals surface area contributed by atoms with E-state index in [4.69, 9.17) is 9.47 Å². The minimum Gasteiger partial charge on any atom is -0.504 e. The number of hydrogen-bond acceptors (Lipinski definition) is 5. The first-order chi connectivity index (χ1) is 10.5. The van der Waals surface area contributed by atoms with Crippen molar-refractivity contribution in [2.45, 2.75) is 18.6 Å². The van der Waals surface area contributed by atoms with Crippen molar-refractivity contribution in [1.82, 2.24) is 0 Å². The standard InChI is InChI=1S/C17H18O5/c1-8-5-10-14(9-3-4-12(18)13(6-9)21-2)11-7-22-17(20,15(8)11)16(10)19/h3-6,10-11,14-15,18,20H,7H2,1-2H3/t10?,11-,14+,15+,17-/m1/s1. The third-order valence-corrected chi connectivity index (χ3v) is 5.37. The molecule has 0 amide bonds. The molecule has 4 aliphatic rings. The molecule has 1 heterocycles. The van der Waals surface area contributed by atoms with Gasteiger partial charge in [0, 0.05) is 23.7 Å². The minimum absolute atomic E-state index is 0.0570. The number of phenolic OH excluding ortho intramolecular Hbond substituents is 1. The highest BCUT2D eigenvalue weighted by Gasteiger charge is 2.66. The molecular weight excluding hydrogens is 284 g/mol. The Bertz CT molecular complexity index is 694. The summed E-state index contributed by atoms with van der Waals surface area (Å²) in [6.45, 7) is 2.31. The maximum atomic E-state index is 12.6. The first-order valence-corrected chi connectivity index (χ1v) is 7.43. The third-order valence-electron chi connectivity index (χ3n) is 5.37. The predicted octanol–water partition coefficient (Wildman–Crippen LogP) is 1.59. The Kier molecular flexibility index (Phi) is 2.72. The highest BCUT2D eigenvalue weighted by atomic mass is 16.6. The van der Waals surface area contributed by atoms with E-state index < -0.39 is 11.7 Å². The highest BCUT2D eigenvalue weighted by molar-refractivity contribution is 5.94. The second-order valence-electron chi connectivity index (χ2n) is 6.41. The molecule has 1 aromatic rings. The topological polar surface area (TPSA) is 76.0 Å². The number of ketones is 1. The van der Waals surface area contributed by atoms with Crippen LogP contribution >= 0.6 is 0 Å². The monoisotopic (exact) mass is 302 g/mol. The molecule has 0 spiro atoms. The van der Waals surface area contributed by atoms with Gasteiger partial charge in [-0.1, -0.05) is 17.7 Å². The average Bonchev–Trinajstić information content (AvgIpc) is 2.83. The zero-order valence-electron chi connectivity index (χ0n) is 12.4. The molecular formula is C17H18O5. The highest BCUT2D eigenvalue weighted by Crippen LogP contribution is 2.59. The van der Waals surface area contributed by atoms with Crippen LogP contribution in [0.4, 0.5) is 0 Å². The van der Waals surface area contributed by atoms with Gasteiger partial charge in [-0.2, -0.15) is 0 Å². The Labute approximate surface area is 128 Å². The number of methoxy groups -OCH3 is 1. The quantitative estimate of drug-likeness (QED) is 0.812. The van der Waals surface area contributed by atoms with E-state index in [1.54, 1.807) is 12.1 Å². The van der Waals surface area contributed by atoms with Crippen LogP contribution < -0.4 is 4.74 Å². The Hall–Kier alpha value is -1.85. The molecule has 2 fully saturated rings.